The summed E-state index contributed by atoms with van der Waals surface area (Å²) in [6.45, 7) is 3.80. The highest BCUT2D eigenvalue weighted by atomic mass is 16.5. The van der Waals surface area contributed by atoms with Crippen LogP contribution in [-0.2, 0) is 4.79 Å². The number of amides is 2. The lowest BCUT2D eigenvalue weighted by atomic mass is 10.0. The molecule has 0 aliphatic carbocycles. The van der Waals surface area contributed by atoms with Crippen LogP contribution in [0, 0.1) is 5.41 Å². The number of benzene rings is 2. The van der Waals surface area contributed by atoms with Gasteiger partial charge in [-0.2, -0.15) is 0 Å². The minimum atomic E-state index is -0.915. The van der Waals surface area contributed by atoms with Crippen molar-refractivity contribution in [1.82, 2.24) is 10.9 Å². The number of carbonyl (C=O) groups excluding carboxylic acids is 2. The topological polar surface area (TPSA) is 152 Å². The molecule has 2 amide bonds. The number of carbonyl (C=O) groups is 2. The molecule has 0 aliphatic rings. The number of hydrazine groups is 1. The Hall–Kier alpha value is -4.47. The summed E-state index contributed by atoms with van der Waals surface area (Å²) in [4.78, 5) is 25.3. The van der Waals surface area contributed by atoms with Crippen LogP contribution in [0.2, 0.25) is 0 Å². The Morgan fingerprint density at radius 3 is 2.35 bits per heavy atom. The third kappa shape index (κ3) is 6.06. The fourth-order valence-corrected chi connectivity index (χ4v) is 3.09. The summed E-state index contributed by atoms with van der Waals surface area (Å²) in [6, 6.07) is 14.0. The van der Waals surface area contributed by atoms with E-state index in [-0.39, 0.29) is 17.7 Å². The zero-order valence-corrected chi connectivity index (χ0v) is 19.0. The SMILES string of the molecule is COc1cc(C(Nc2ccc(C(=N)N)cc2)C(=O)NNC(=O)c2ccco2)ccc1OC(C)C. The van der Waals surface area contributed by atoms with Crippen molar-refractivity contribution >= 4 is 23.3 Å². The molecule has 0 saturated carbocycles. The van der Waals surface area contributed by atoms with Gasteiger partial charge in [0.05, 0.1) is 19.5 Å². The molecule has 3 aromatic rings. The summed E-state index contributed by atoms with van der Waals surface area (Å²) in [5, 5.41) is 10.7. The number of nitrogen functional groups attached to an aromatic ring is 1. The maximum atomic E-state index is 13.1. The molecule has 10 nitrogen and oxygen atoms in total. The van der Waals surface area contributed by atoms with Gasteiger partial charge in [0.1, 0.15) is 11.9 Å². The van der Waals surface area contributed by atoms with Gasteiger partial charge in [-0.05, 0) is 67.9 Å². The van der Waals surface area contributed by atoms with E-state index in [4.69, 9.17) is 25.0 Å². The predicted octanol–water partition coefficient (Wildman–Crippen LogP) is 2.97. The van der Waals surface area contributed by atoms with Crippen LogP contribution in [0.4, 0.5) is 5.69 Å². The molecule has 0 radical (unpaired) electrons. The fourth-order valence-electron chi connectivity index (χ4n) is 3.09. The highest BCUT2D eigenvalue weighted by molar-refractivity contribution is 5.96. The van der Waals surface area contributed by atoms with Crippen molar-refractivity contribution in [2.75, 3.05) is 12.4 Å². The highest BCUT2D eigenvalue weighted by Gasteiger charge is 2.24. The lowest BCUT2D eigenvalue weighted by Gasteiger charge is -2.22. The van der Waals surface area contributed by atoms with Gasteiger partial charge in [0.2, 0.25) is 0 Å². The Morgan fingerprint density at radius 1 is 1.03 bits per heavy atom. The number of hydrogen-bond acceptors (Lipinski definition) is 7. The number of methoxy groups -OCH3 is 1. The van der Waals surface area contributed by atoms with Crippen LogP contribution in [-0.4, -0.2) is 30.9 Å². The van der Waals surface area contributed by atoms with Crippen molar-refractivity contribution in [2.45, 2.75) is 26.0 Å². The number of amidine groups is 1. The van der Waals surface area contributed by atoms with E-state index in [1.165, 1.54) is 19.4 Å². The van der Waals surface area contributed by atoms with Crippen LogP contribution in [0.15, 0.2) is 65.3 Å². The van der Waals surface area contributed by atoms with E-state index >= 15 is 0 Å². The summed E-state index contributed by atoms with van der Waals surface area (Å²) in [7, 11) is 1.51. The minimum Gasteiger partial charge on any atom is -0.493 e. The Bertz CT molecular complexity index is 1140. The molecule has 0 spiro atoms. The lowest BCUT2D eigenvalue weighted by Crippen LogP contribution is -2.45. The Kier molecular flexibility index (Phi) is 7.75. The highest BCUT2D eigenvalue weighted by Crippen LogP contribution is 2.32. The van der Waals surface area contributed by atoms with Crippen molar-refractivity contribution < 1.29 is 23.5 Å². The molecule has 1 unspecified atom stereocenters. The summed E-state index contributed by atoms with van der Waals surface area (Å²) in [5.74, 6) is -0.139. The summed E-state index contributed by atoms with van der Waals surface area (Å²) in [5.41, 5.74) is 12.0. The minimum absolute atomic E-state index is 0.0569. The van der Waals surface area contributed by atoms with E-state index in [0.29, 0.717) is 28.3 Å². The van der Waals surface area contributed by atoms with Gasteiger partial charge in [-0.25, -0.2) is 0 Å². The third-order valence-corrected chi connectivity index (χ3v) is 4.70. The number of furan rings is 1. The molecule has 10 heteroatoms. The van der Waals surface area contributed by atoms with Crippen molar-refractivity contribution in [1.29, 1.82) is 5.41 Å². The zero-order valence-electron chi connectivity index (χ0n) is 19.0. The molecule has 178 valence electrons. The van der Waals surface area contributed by atoms with E-state index in [1.54, 1.807) is 48.5 Å². The van der Waals surface area contributed by atoms with Gasteiger partial charge in [-0.1, -0.05) is 6.07 Å². The second-order valence-electron chi connectivity index (χ2n) is 7.57. The van der Waals surface area contributed by atoms with Gasteiger partial charge in [-0.3, -0.25) is 25.8 Å². The first-order valence-corrected chi connectivity index (χ1v) is 10.5. The third-order valence-electron chi connectivity index (χ3n) is 4.70. The van der Waals surface area contributed by atoms with E-state index in [9.17, 15) is 9.59 Å². The Balaban J connectivity index is 1.86. The second kappa shape index (κ2) is 10.9. The average molecular weight is 466 g/mol. The van der Waals surface area contributed by atoms with Gasteiger partial charge in [0, 0.05) is 11.3 Å². The molecule has 3 rings (SSSR count). The number of anilines is 1. The molecule has 0 fully saturated rings. The predicted molar refractivity (Wildman–Crippen MR) is 127 cm³/mol. The molecule has 1 aromatic heterocycles. The van der Waals surface area contributed by atoms with Crippen molar-refractivity contribution in [3.05, 3.63) is 77.7 Å². The van der Waals surface area contributed by atoms with Crippen molar-refractivity contribution in [3.63, 3.8) is 0 Å². The molecule has 0 saturated heterocycles. The lowest BCUT2D eigenvalue weighted by molar-refractivity contribution is -0.122. The molecular formula is C24H27N5O5. The standard InChI is InChI=1S/C24H27N5O5/c1-14(2)34-18-11-8-16(13-20(18)32-3)21(27-17-9-6-15(7-10-17)22(25)26)24(31)29-28-23(30)19-5-4-12-33-19/h4-14,21,27H,1-3H3,(H3,25,26)(H,28,30)(H,29,31). The summed E-state index contributed by atoms with van der Waals surface area (Å²) in [6.07, 6.45) is 1.30. The van der Waals surface area contributed by atoms with E-state index < -0.39 is 17.9 Å². The van der Waals surface area contributed by atoms with Gasteiger partial charge < -0.3 is 24.9 Å². The van der Waals surface area contributed by atoms with Crippen molar-refractivity contribution in [2.24, 2.45) is 5.73 Å². The van der Waals surface area contributed by atoms with Crippen molar-refractivity contribution in [3.8, 4) is 11.5 Å². The molecule has 2 aromatic carbocycles. The maximum Gasteiger partial charge on any atom is 0.305 e. The quantitative estimate of drug-likeness (QED) is 0.185. The van der Waals surface area contributed by atoms with Gasteiger partial charge in [-0.15, -0.1) is 0 Å². The molecule has 0 aliphatic heterocycles. The molecule has 0 bridgehead atoms. The van der Waals surface area contributed by atoms with Crippen LogP contribution in [0.25, 0.3) is 0 Å². The Labute approximate surface area is 196 Å². The van der Waals surface area contributed by atoms with Crippen LogP contribution in [0.3, 0.4) is 0 Å². The smallest absolute Gasteiger partial charge is 0.305 e. The monoisotopic (exact) mass is 465 g/mol. The normalized spacial score (nSPS) is 11.4. The van der Waals surface area contributed by atoms with Gasteiger partial charge in [0.15, 0.2) is 17.3 Å². The van der Waals surface area contributed by atoms with E-state index in [2.05, 4.69) is 16.2 Å². The van der Waals surface area contributed by atoms with Crippen LogP contribution in [0.1, 0.15) is 41.6 Å². The maximum absolute atomic E-state index is 13.1. The van der Waals surface area contributed by atoms with Crippen LogP contribution in [0.5, 0.6) is 11.5 Å². The molecule has 1 heterocycles. The van der Waals surface area contributed by atoms with Crippen LogP contribution < -0.4 is 31.4 Å². The van der Waals surface area contributed by atoms with Gasteiger partial charge in [0.25, 0.3) is 5.91 Å². The molecule has 1 atom stereocenters. The largest absolute Gasteiger partial charge is 0.493 e. The van der Waals surface area contributed by atoms with Crippen LogP contribution >= 0.6 is 0 Å². The molecular weight excluding hydrogens is 438 g/mol. The number of ether oxygens (including phenoxy) is 2. The van der Waals surface area contributed by atoms with E-state index in [1.807, 2.05) is 13.8 Å². The number of nitrogens with two attached hydrogens (primary N) is 1. The first-order valence-electron chi connectivity index (χ1n) is 10.5. The molecule has 6 N–H and O–H groups in total. The fraction of sp³-hybridized carbons (Fsp3) is 0.208. The first-order chi connectivity index (χ1) is 16.3. The number of rotatable bonds is 9. The Morgan fingerprint density at radius 2 is 1.76 bits per heavy atom. The molecule has 34 heavy (non-hydrogen) atoms. The van der Waals surface area contributed by atoms with Gasteiger partial charge >= 0.3 is 5.91 Å². The average Bonchev–Trinajstić information content (AvgIpc) is 3.36. The number of hydrogen-bond donors (Lipinski definition) is 5. The number of nitrogens with one attached hydrogen (secondary N) is 4. The van der Waals surface area contributed by atoms with E-state index in [0.717, 1.165) is 0 Å². The summed E-state index contributed by atoms with van der Waals surface area (Å²) < 4.78 is 16.2. The zero-order chi connectivity index (χ0) is 24.7. The second-order valence-corrected chi connectivity index (χ2v) is 7.57. The first kappa shape index (κ1) is 24.2. The summed E-state index contributed by atoms with van der Waals surface area (Å²) >= 11 is 0.